The first kappa shape index (κ1) is 57.4. The van der Waals surface area contributed by atoms with Gasteiger partial charge in [-0.05, 0) is 83.5 Å². The van der Waals surface area contributed by atoms with Gasteiger partial charge in [0.2, 0.25) is 0 Å². The third-order valence-electron chi connectivity index (χ3n) is 9.72. The molecule has 4 N–H and O–H groups in total. The van der Waals surface area contributed by atoms with Gasteiger partial charge in [0, 0.05) is 13.0 Å². The molecule has 0 heterocycles. The van der Waals surface area contributed by atoms with Crippen LogP contribution in [0.15, 0.2) is 72.9 Å². The highest BCUT2D eigenvalue weighted by Crippen LogP contribution is 2.43. The van der Waals surface area contributed by atoms with Crippen molar-refractivity contribution in [3.05, 3.63) is 72.9 Å². The highest BCUT2D eigenvalue weighted by atomic mass is 31.2. The van der Waals surface area contributed by atoms with Crippen LogP contribution in [0.3, 0.4) is 0 Å². The van der Waals surface area contributed by atoms with Gasteiger partial charge in [-0.25, -0.2) is 4.57 Å². The normalized spacial score (nSPS) is 14.5. The number of phosphoric acid groups is 1. The average molecular weight is 864 g/mol. The van der Waals surface area contributed by atoms with E-state index < -0.39 is 45.1 Å². The lowest BCUT2D eigenvalue weighted by molar-refractivity contribution is -0.154. The topological polar surface area (TPSA) is 155 Å². The molecule has 0 fully saturated rings. The maximum absolute atomic E-state index is 12.7. The number of hydrogen-bond acceptors (Lipinski definition) is 8. The molecule has 0 radical (unpaired) electrons. The standard InChI is InChI=1S/C49H86NO9P/c1-3-5-7-9-11-13-15-17-19-21-22-23-24-25-27-29-31-33-35-37-39-41-48(51)59-46(44-57-60(54,55)58-45-47(50)49(52)53)43-56-42-40-38-36-34-32-30-28-26-20-18-16-14-12-10-8-6-4-2/h5,7,11,13-14,16-17,19-20,22-23,26,46-47H,3-4,6,8-10,12,15,18,21,24-25,27-45,50H2,1-2H3,(H,52,53)(H,54,55)/b7-5-,13-11-,16-14-,19-17-,23-22-,26-20-. The Balaban J connectivity index is 4.24. The molecule has 0 saturated carbocycles. The van der Waals surface area contributed by atoms with Crippen LogP contribution in [0.5, 0.6) is 0 Å². The third kappa shape index (κ3) is 43.5. The summed E-state index contributed by atoms with van der Waals surface area (Å²) >= 11 is 0. The van der Waals surface area contributed by atoms with Gasteiger partial charge >= 0.3 is 19.8 Å². The molecule has 0 spiro atoms. The van der Waals surface area contributed by atoms with Crippen LogP contribution in [0.2, 0.25) is 0 Å². The Labute approximate surface area is 365 Å². The van der Waals surface area contributed by atoms with E-state index >= 15 is 0 Å². The van der Waals surface area contributed by atoms with Crippen LogP contribution < -0.4 is 5.73 Å². The van der Waals surface area contributed by atoms with Crippen molar-refractivity contribution >= 4 is 19.8 Å². The van der Waals surface area contributed by atoms with E-state index in [0.29, 0.717) is 13.0 Å². The number of unbranched alkanes of at least 4 members (excludes halogenated alkanes) is 18. The van der Waals surface area contributed by atoms with Crippen molar-refractivity contribution in [3.63, 3.8) is 0 Å². The van der Waals surface area contributed by atoms with E-state index in [0.717, 1.165) is 83.5 Å². The van der Waals surface area contributed by atoms with Gasteiger partial charge in [-0.1, -0.05) is 170 Å². The largest absolute Gasteiger partial charge is 0.480 e. The van der Waals surface area contributed by atoms with Crippen molar-refractivity contribution in [2.24, 2.45) is 5.73 Å². The van der Waals surface area contributed by atoms with E-state index in [-0.39, 0.29) is 13.0 Å². The van der Waals surface area contributed by atoms with Gasteiger partial charge < -0.3 is 25.2 Å². The summed E-state index contributed by atoms with van der Waals surface area (Å²) in [5.74, 6) is -1.79. The Morgan fingerprint density at radius 2 is 0.967 bits per heavy atom. The van der Waals surface area contributed by atoms with Gasteiger partial charge in [0.1, 0.15) is 12.1 Å². The molecule has 0 aliphatic rings. The number of nitrogens with two attached hydrogens (primary N) is 1. The molecule has 11 heteroatoms. The zero-order chi connectivity index (χ0) is 44.0. The van der Waals surface area contributed by atoms with Gasteiger partial charge in [0.15, 0.2) is 0 Å². The van der Waals surface area contributed by atoms with Gasteiger partial charge in [-0.15, -0.1) is 0 Å². The molecule has 0 aromatic rings. The van der Waals surface area contributed by atoms with Crippen LogP contribution >= 0.6 is 7.82 Å². The van der Waals surface area contributed by atoms with Crippen molar-refractivity contribution in [1.82, 2.24) is 0 Å². The molecule has 0 saturated heterocycles. The van der Waals surface area contributed by atoms with E-state index in [2.05, 4.69) is 86.8 Å². The Morgan fingerprint density at radius 1 is 0.550 bits per heavy atom. The molecule has 346 valence electrons. The van der Waals surface area contributed by atoms with Crippen LogP contribution in [0, 0.1) is 0 Å². The Bertz CT molecular complexity index is 1230. The fourth-order valence-corrected chi connectivity index (χ4v) is 6.87. The molecule has 0 amide bonds. The minimum Gasteiger partial charge on any atom is -0.480 e. The van der Waals surface area contributed by atoms with Crippen molar-refractivity contribution in [3.8, 4) is 0 Å². The lowest BCUT2D eigenvalue weighted by Crippen LogP contribution is -2.34. The lowest BCUT2D eigenvalue weighted by atomic mass is 10.1. The molecule has 60 heavy (non-hydrogen) atoms. The quantitative estimate of drug-likeness (QED) is 0.0233. The summed E-state index contributed by atoms with van der Waals surface area (Å²) in [5, 5.41) is 8.91. The van der Waals surface area contributed by atoms with Crippen LogP contribution in [0.1, 0.15) is 187 Å². The first-order valence-electron chi connectivity index (χ1n) is 23.5. The van der Waals surface area contributed by atoms with Crippen LogP contribution in [-0.4, -0.2) is 60.5 Å². The number of esters is 1. The zero-order valence-electron chi connectivity index (χ0n) is 37.8. The molecule has 3 unspecified atom stereocenters. The summed E-state index contributed by atoms with van der Waals surface area (Å²) in [6, 6.07) is -1.48. The Hall–Kier alpha value is -2.59. The third-order valence-corrected chi connectivity index (χ3v) is 10.7. The fourth-order valence-electron chi connectivity index (χ4n) is 6.09. The number of phosphoric ester groups is 1. The summed E-state index contributed by atoms with van der Waals surface area (Å²) in [4.78, 5) is 33.6. The number of carboxylic acid groups (broad SMARTS) is 1. The number of carbonyl (C=O) groups is 2. The van der Waals surface area contributed by atoms with Gasteiger partial charge in [-0.3, -0.25) is 18.6 Å². The number of carboxylic acids is 1. The maximum atomic E-state index is 12.7. The summed E-state index contributed by atoms with van der Waals surface area (Å²) in [6.07, 6.45) is 55.2. The van der Waals surface area contributed by atoms with Crippen molar-refractivity contribution < 1.29 is 42.7 Å². The molecule has 0 rings (SSSR count). The number of rotatable bonds is 44. The molecule has 10 nitrogen and oxygen atoms in total. The van der Waals surface area contributed by atoms with Crippen molar-refractivity contribution in [2.75, 3.05) is 26.4 Å². The smallest absolute Gasteiger partial charge is 0.472 e. The first-order chi connectivity index (χ1) is 29.2. The molecule has 0 aromatic carbocycles. The number of aliphatic carboxylic acids is 1. The Kier molecular flexibility index (Phi) is 42.5. The molecular weight excluding hydrogens is 778 g/mol. The minimum atomic E-state index is -4.63. The van der Waals surface area contributed by atoms with Crippen LogP contribution in [-0.2, 0) is 32.7 Å². The second kappa shape index (κ2) is 44.5. The van der Waals surface area contributed by atoms with E-state index in [1.54, 1.807) is 0 Å². The predicted molar refractivity (Wildman–Crippen MR) is 249 cm³/mol. The Morgan fingerprint density at radius 3 is 1.45 bits per heavy atom. The number of ether oxygens (including phenoxy) is 2. The second-order valence-electron chi connectivity index (χ2n) is 15.5. The summed E-state index contributed by atoms with van der Waals surface area (Å²) in [6.45, 7) is 3.72. The first-order valence-corrected chi connectivity index (χ1v) is 25.0. The molecule has 0 bridgehead atoms. The summed E-state index contributed by atoms with van der Waals surface area (Å²) < 4.78 is 33.4. The van der Waals surface area contributed by atoms with Crippen molar-refractivity contribution in [2.45, 2.75) is 199 Å². The highest BCUT2D eigenvalue weighted by molar-refractivity contribution is 7.47. The second-order valence-corrected chi connectivity index (χ2v) is 17.0. The highest BCUT2D eigenvalue weighted by Gasteiger charge is 2.27. The van der Waals surface area contributed by atoms with Crippen LogP contribution in [0.25, 0.3) is 0 Å². The monoisotopic (exact) mass is 864 g/mol. The number of allylic oxidation sites excluding steroid dienone is 12. The summed E-state index contributed by atoms with van der Waals surface area (Å²) in [5.41, 5.74) is 5.36. The van der Waals surface area contributed by atoms with E-state index in [1.807, 2.05) is 0 Å². The average Bonchev–Trinajstić information content (AvgIpc) is 3.23. The van der Waals surface area contributed by atoms with E-state index in [9.17, 15) is 19.0 Å². The number of carbonyl (C=O) groups excluding carboxylic acids is 1. The molecule has 3 atom stereocenters. The molecule has 0 aliphatic carbocycles. The zero-order valence-corrected chi connectivity index (χ0v) is 38.7. The van der Waals surface area contributed by atoms with Gasteiger partial charge in [0.05, 0.1) is 19.8 Å². The van der Waals surface area contributed by atoms with Crippen molar-refractivity contribution in [1.29, 1.82) is 0 Å². The fraction of sp³-hybridized carbons (Fsp3) is 0.714. The SMILES string of the molecule is CC/C=C\C/C=C\C/C=C\C/C=C\CCCCCCCCCCC(=O)OC(COCCCCCCCC/C=C\C/C=C\CCCCCC)COP(=O)(O)OCC(N)C(=O)O. The van der Waals surface area contributed by atoms with Gasteiger partial charge in [0.25, 0.3) is 0 Å². The maximum Gasteiger partial charge on any atom is 0.472 e. The molecule has 0 aliphatic heterocycles. The number of hydrogen-bond donors (Lipinski definition) is 3. The predicted octanol–water partition coefficient (Wildman–Crippen LogP) is 13.4. The molecular formula is C49H86NO9P. The lowest BCUT2D eigenvalue weighted by Gasteiger charge is -2.20. The summed E-state index contributed by atoms with van der Waals surface area (Å²) in [7, 11) is -4.63. The molecule has 0 aromatic heterocycles. The van der Waals surface area contributed by atoms with Crippen LogP contribution in [0.4, 0.5) is 0 Å². The van der Waals surface area contributed by atoms with E-state index in [1.165, 1.54) is 77.0 Å². The van der Waals surface area contributed by atoms with E-state index in [4.69, 9.17) is 29.4 Å². The minimum absolute atomic E-state index is 0.00302. The van der Waals surface area contributed by atoms with Gasteiger partial charge in [-0.2, -0.15) is 0 Å².